The SMILES string of the molecule is O=C1COc2ccc(NC(=O)C3CCCCCN3)cc2N1. The van der Waals surface area contributed by atoms with Crippen LogP contribution in [-0.4, -0.2) is 31.0 Å². The monoisotopic (exact) mass is 289 g/mol. The Balaban J connectivity index is 1.68. The number of rotatable bonds is 2. The molecule has 0 radical (unpaired) electrons. The summed E-state index contributed by atoms with van der Waals surface area (Å²) in [6, 6.07) is 5.12. The van der Waals surface area contributed by atoms with Crippen LogP contribution in [0.4, 0.5) is 11.4 Å². The molecule has 1 unspecified atom stereocenters. The summed E-state index contributed by atoms with van der Waals surface area (Å²) in [7, 11) is 0. The van der Waals surface area contributed by atoms with Crippen LogP contribution in [0.3, 0.4) is 0 Å². The average molecular weight is 289 g/mol. The number of carbonyl (C=O) groups is 2. The number of fused-ring (bicyclic) bond motifs is 1. The topological polar surface area (TPSA) is 79.5 Å². The Morgan fingerprint density at radius 1 is 1.29 bits per heavy atom. The third-order valence-electron chi connectivity index (χ3n) is 3.76. The fourth-order valence-electron chi connectivity index (χ4n) is 2.64. The third-order valence-corrected chi connectivity index (χ3v) is 3.76. The molecule has 0 saturated carbocycles. The molecule has 0 aliphatic carbocycles. The molecule has 2 amide bonds. The van der Waals surface area contributed by atoms with Gasteiger partial charge in [-0.15, -0.1) is 0 Å². The molecule has 2 aliphatic rings. The van der Waals surface area contributed by atoms with Gasteiger partial charge in [-0.2, -0.15) is 0 Å². The summed E-state index contributed by atoms with van der Waals surface area (Å²) < 4.78 is 5.29. The quantitative estimate of drug-likeness (QED) is 0.770. The predicted octanol–water partition coefficient (Wildman–Crippen LogP) is 1.49. The Morgan fingerprint density at radius 2 is 2.19 bits per heavy atom. The largest absolute Gasteiger partial charge is 0.482 e. The number of hydrogen-bond acceptors (Lipinski definition) is 4. The fraction of sp³-hybridized carbons (Fsp3) is 0.467. The van der Waals surface area contributed by atoms with Gasteiger partial charge in [0.2, 0.25) is 5.91 Å². The second-order valence-electron chi connectivity index (χ2n) is 5.39. The van der Waals surface area contributed by atoms with Crippen molar-refractivity contribution in [1.82, 2.24) is 5.32 Å². The van der Waals surface area contributed by atoms with Crippen molar-refractivity contribution >= 4 is 23.2 Å². The predicted molar refractivity (Wildman–Crippen MR) is 79.5 cm³/mol. The van der Waals surface area contributed by atoms with Crippen LogP contribution in [0.5, 0.6) is 5.75 Å². The summed E-state index contributed by atoms with van der Waals surface area (Å²) in [6.45, 7) is 0.914. The summed E-state index contributed by atoms with van der Waals surface area (Å²) in [5.41, 5.74) is 1.26. The first-order valence-electron chi connectivity index (χ1n) is 7.33. The lowest BCUT2D eigenvalue weighted by atomic mass is 10.1. The van der Waals surface area contributed by atoms with E-state index in [9.17, 15) is 9.59 Å². The molecule has 6 heteroatoms. The summed E-state index contributed by atoms with van der Waals surface area (Å²) >= 11 is 0. The molecule has 2 aliphatic heterocycles. The highest BCUT2D eigenvalue weighted by atomic mass is 16.5. The highest BCUT2D eigenvalue weighted by molar-refractivity contribution is 5.98. The zero-order chi connectivity index (χ0) is 14.7. The maximum atomic E-state index is 12.3. The Labute approximate surface area is 123 Å². The minimum absolute atomic E-state index is 0.0279. The number of anilines is 2. The van der Waals surface area contributed by atoms with Gasteiger partial charge in [-0.05, 0) is 37.6 Å². The Kier molecular flexibility index (Phi) is 4.06. The Hall–Kier alpha value is -2.08. The van der Waals surface area contributed by atoms with Crippen molar-refractivity contribution in [2.45, 2.75) is 31.7 Å². The van der Waals surface area contributed by atoms with Crippen LogP contribution in [0, 0.1) is 0 Å². The highest BCUT2D eigenvalue weighted by Gasteiger charge is 2.21. The molecule has 0 spiro atoms. The molecule has 112 valence electrons. The van der Waals surface area contributed by atoms with E-state index in [4.69, 9.17) is 4.74 Å². The van der Waals surface area contributed by atoms with E-state index in [0.29, 0.717) is 17.1 Å². The van der Waals surface area contributed by atoms with Crippen molar-refractivity contribution in [3.63, 3.8) is 0 Å². The second kappa shape index (κ2) is 6.13. The molecule has 3 N–H and O–H groups in total. The van der Waals surface area contributed by atoms with Crippen molar-refractivity contribution < 1.29 is 14.3 Å². The molecule has 6 nitrogen and oxygen atoms in total. The minimum atomic E-state index is -0.184. The van der Waals surface area contributed by atoms with Gasteiger partial charge in [0.15, 0.2) is 6.61 Å². The van der Waals surface area contributed by atoms with E-state index in [1.807, 2.05) is 0 Å². The van der Waals surface area contributed by atoms with E-state index < -0.39 is 0 Å². The number of carbonyl (C=O) groups excluding carboxylic acids is 2. The number of ether oxygens (including phenoxy) is 1. The van der Waals surface area contributed by atoms with Gasteiger partial charge in [0, 0.05) is 5.69 Å². The Morgan fingerprint density at radius 3 is 3.10 bits per heavy atom. The van der Waals surface area contributed by atoms with Crippen molar-refractivity contribution in [3.8, 4) is 5.75 Å². The van der Waals surface area contributed by atoms with Crippen LogP contribution in [0.2, 0.25) is 0 Å². The third kappa shape index (κ3) is 3.33. The number of amides is 2. The zero-order valence-electron chi connectivity index (χ0n) is 11.8. The van der Waals surface area contributed by atoms with Gasteiger partial charge in [-0.1, -0.05) is 12.8 Å². The Bertz CT molecular complexity index is 551. The van der Waals surface area contributed by atoms with E-state index >= 15 is 0 Å². The summed E-state index contributed by atoms with van der Waals surface area (Å²) in [5, 5.41) is 8.89. The first kappa shape index (κ1) is 13.9. The summed E-state index contributed by atoms with van der Waals surface area (Å²) in [4.78, 5) is 23.6. The maximum Gasteiger partial charge on any atom is 0.262 e. The summed E-state index contributed by atoms with van der Waals surface area (Å²) in [5.74, 6) is 0.413. The van der Waals surface area contributed by atoms with Crippen LogP contribution in [0.25, 0.3) is 0 Å². The highest BCUT2D eigenvalue weighted by Crippen LogP contribution is 2.30. The van der Waals surface area contributed by atoms with Gasteiger partial charge in [0.05, 0.1) is 11.7 Å². The van der Waals surface area contributed by atoms with Gasteiger partial charge in [-0.3, -0.25) is 9.59 Å². The van der Waals surface area contributed by atoms with Crippen LogP contribution in [0.1, 0.15) is 25.7 Å². The van der Waals surface area contributed by atoms with Crippen LogP contribution < -0.4 is 20.7 Å². The van der Waals surface area contributed by atoms with Crippen molar-refractivity contribution in [3.05, 3.63) is 18.2 Å². The molecule has 1 atom stereocenters. The zero-order valence-corrected chi connectivity index (χ0v) is 11.8. The molecule has 1 aromatic rings. The van der Waals surface area contributed by atoms with Gasteiger partial charge >= 0.3 is 0 Å². The molecular formula is C15H19N3O3. The standard InChI is InChI=1S/C15H19N3O3/c19-14-9-21-13-6-5-10(8-12(13)18-14)17-15(20)11-4-2-1-3-7-16-11/h5-6,8,11,16H,1-4,7,9H2,(H,17,20)(H,18,19). The first-order valence-corrected chi connectivity index (χ1v) is 7.33. The lowest BCUT2D eigenvalue weighted by Gasteiger charge is -2.20. The molecule has 2 heterocycles. The lowest BCUT2D eigenvalue weighted by molar-refractivity contribution is -0.119. The molecule has 1 fully saturated rings. The smallest absolute Gasteiger partial charge is 0.262 e. The minimum Gasteiger partial charge on any atom is -0.482 e. The number of benzene rings is 1. The molecular weight excluding hydrogens is 270 g/mol. The van der Waals surface area contributed by atoms with Gasteiger partial charge in [-0.25, -0.2) is 0 Å². The lowest BCUT2D eigenvalue weighted by Crippen LogP contribution is -2.39. The van der Waals surface area contributed by atoms with Crippen LogP contribution in [-0.2, 0) is 9.59 Å². The van der Waals surface area contributed by atoms with Crippen molar-refractivity contribution in [2.75, 3.05) is 23.8 Å². The maximum absolute atomic E-state index is 12.3. The van der Waals surface area contributed by atoms with Crippen molar-refractivity contribution in [1.29, 1.82) is 0 Å². The van der Waals surface area contributed by atoms with Crippen LogP contribution in [0.15, 0.2) is 18.2 Å². The van der Waals surface area contributed by atoms with E-state index in [1.165, 1.54) is 6.42 Å². The molecule has 1 saturated heterocycles. The van der Waals surface area contributed by atoms with Crippen LogP contribution >= 0.6 is 0 Å². The second-order valence-corrected chi connectivity index (χ2v) is 5.39. The molecule has 0 aromatic heterocycles. The summed E-state index contributed by atoms with van der Waals surface area (Å²) in [6.07, 6.45) is 4.21. The van der Waals surface area contributed by atoms with E-state index in [2.05, 4.69) is 16.0 Å². The fourth-order valence-corrected chi connectivity index (χ4v) is 2.64. The molecule has 1 aromatic carbocycles. The first-order chi connectivity index (χ1) is 10.2. The molecule has 0 bridgehead atoms. The van der Waals surface area contributed by atoms with E-state index in [-0.39, 0.29) is 24.5 Å². The van der Waals surface area contributed by atoms with E-state index in [1.54, 1.807) is 18.2 Å². The normalized spacial score (nSPS) is 21.5. The van der Waals surface area contributed by atoms with Gasteiger partial charge in [0.25, 0.3) is 5.91 Å². The van der Waals surface area contributed by atoms with Gasteiger partial charge < -0.3 is 20.7 Å². The number of nitrogens with one attached hydrogen (secondary N) is 3. The van der Waals surface area contributed by atoms with Crippen molar-refractivity contribution in [2.24, 2.45) is 0 Å². The van der Waals surface area contributed by atoms with Gasteiger partial charge in [0.1, 0.15) is 5.75 Å². The molecule has 21 heavy (non-hydrogen) atoms. The average Bonchev–Trinajstić information content (AvgIpc) is 2.76. The number of hydrogen-bond donors (Lipinski definition) is 3. The molecule has 3 rings (SSSR count). The van der Waals surface area contributed by atoms with E-state index in [0.717, 1.165) is 25.8 Å².